The molecule has 0 aliphatic rings. The number of rotatable bonds is 3. The number of nitrogens with one attached hydrogen (secondary N) is 1. The number of hydrogen-bond acceptors (Lipinski definition) is 5. The molecule has 1 N–H and O–H groups in total. The molecule has 0 unspecified atom stereocenters. The average molecular weight is 261 g/mol. The first-order valence-electron chi connectivity index (χ1n) is 4.42. The van der Waals surface area contributed by atoms with Gasteiger partial charge in [-0.1, -0.05) is 11.3 Å². The van der Waals surface area contributed by atoms with Crippen LogP contribution in [0.2, 0.25) is 0 Å². The summed E-state index contributed by atoms with van der Waals surface area (Å²) >= 11 is 1.29. The Morgan fingerprint density at radius 3 is 2.41 bits per heavy atom. The summed E-state index contributed by atoms with van der Waals surface area (Å²) in [6, 6.07) is 5.36. The molecule has 0 fully saturated rings. The van der Waals surface area contributed by atoms with Gasteiger partial charge in [-0.15, -0.1) is 23.4 Å². The predicted octanol–water partition coefficient (Wildman–Crippen LogP) is 3.18. The molecular weight excluding hydrogens is 255 g/mol. The SMILES string of the molecule is FC(F)(F)Oc1ccc(Nc2nncs2)cc1. The number of alkyl halides is 3. The first kappa shape index (κ1) is 11.6. The minimum absolute atomic E-state index is 0.264. The molecule has 2 rings (SSSR count). The van der Waals surface area contributed by atoms with Crippen molar-refractivity contribution in [2.45, 2.75) is 6.36 Å². The van der Waals surface area contributed by atoms with Crippen LogP contribution in [0.3, 0.4) is 0 Å². The third-order valence-corrected chi connectivity index (χ3v) is 2.31. The molecule has 0 atom stereocenters. The van der Waals surface area contributed by atoms with Gasteiger partial charge in [0, 0.05) is 5.69 Å². The zero-order chi connectivity index (χ0) is 12.3. The number of aromatic nitrogens is 2. The van der Waals surface area contributed by atoms with Crippen molar-refractivity contribution in [1.29, 1.82) is 0 Å². The van der Waals surface area contributed by atoms with Crippen molar-refractivity contribution in [3.63, 3.8) is 0 Å². The van der Waals surface area contributed by atoms with Crippen LogP contribution in [-0.4, -0.2) is 16.6 Å². The van der Waals surface area contributed by atoms with Gasteiger partial charge in [0.15, 0.2) is 0 Å². The van der Waals surface area contributed by atoms with Crippen molar-refractivity contribution in [2.75, 3.05) is 5.32 Å². The van der Waals surface area contributed by atoms with Crippen molar-refractivity contribution in [3.05, 3.63) is 29.8 Å². The zero-order valence-electron chi connectivity index (χ0n) is 8.23. The zero-order valence-corrected chi connectivity index (χ0v) is 9.05. The molecule has 0 bridgehead atoms. The summed E-state index contributed by atoms with van der Waals surface area (Å²) in [5, 5.41) is 10.8. The second kappa shape index (κ2) is 4.58. The Kier molecular flexibility index (Phi) is 3.14. The highest BCUT2D eigenvalue weighted by Crippen LogP contribution is 2.25. The monoisotopic (exact) mass is 261 g/mol. The molecule has 0 aliphatic heterocycles. The minimum Gasteiger partial charge on any atom is -0.406 e. The maximum atomic E-state index is 11.9. The van der Waals surface area contributed by atoms with E-state index in [1.54, 1.807) is 5.51 Å². The predicted molar refractivity (Wildman–Crippen MR) is 56.3 cm³/mol. The molecule has 8 heteroatoms. The van der Waals surface area contributed by atoms with Gasteiger partial charge < -0.3 is 10.1 Å². The molecule has 0 amide bonds. The van der Waals surface area contributed by atoms with E-state index in [-0.39, 0.29) is 5.75 Å². The normalized spacial score (nSPS) is 11.2. The number of hydrogen-bond donors (Lipinski definition) is 1. The topological polar surface area (TPSA) is 47.0 Å². The van der Waals surface area contributed by atoms with Crippen molar-refractivity contribution in [1.82, 2.24) is 10.2 Å². The molecule has 1 heterocycles. The second-order valence-corrected chi connectivity index (χ2v) is 3.77. The molecule has 0 saturated carbocycles. The van der Waals surface area contributed by atoms with Crippen LogP contribution in [0, 0.1) is 0 Å². The summed E-state index contributed by atoms with van der Waals surface area (Å²) < 4.78 is 39.4. The number of nitrogens with zero attached hydrogens (tertiary/aromatic N) is 2. The fourth-order valence-electron chi connectivity index (χ4n) is 1.09. The Morgan fingerprint density at radius 1 is 1.18 bits per heavy atom. The highest BCUT2D eigenvalue weighted by Gasteiger charge is 2.30. The molecular formula is C9H6F3N3OS. The van der Waals surface area contributed by atoms with Crippen molar-refractivity contribution in [3.8, 4) is 5.75 Å². The van der Waals surface area contributed by atoms with E-state index in [4.69, 9.17) is 0 Å². The van der Waals surface area contributed by atoms with Gasteiger partial charge in [0.05, 0.1) is 0 Å². The summed E-state index contributed by atoms with van der Waals surface area (Å²) in [6.07, 6.45) is -4.67. The summed E-state index contributed by atoms with van der Waals surface area (Å²) in [5.41, 5.74) is 2.15. The lowest BCUT2D eigenvalue weighted by Crippen LogP contribution is -2.16. The molecule has 0 radical (unpaired) electrons. The Balaban J connectivity index is 2.03. The van der Waals surface area contributed by atoms with E-state index in [0.717, 1.165) is 0 Å². The molecule has 0 spiro atoms. The Labute approximate surface area is 98.1 Å². The second-order valence-electron chi connectivity index (χ2n) is 2.94. The van der Waals surface area contributed by atoms with Gasteiger partial charge in [-0.3, -0.25) is 0 Å². The van der Waals surface area contributed by atoms with Gasteiger partial charge in [0.1, 0.15) is 11.3 Å². The lowest BCUT2D eigenvalue weighted by Gasteiger charge is -2.09. The highest BCUT2D eigenvalue weighted by atomic mass is 32.1. The fourth-order valence-corrected chi connectivity index (χ4v) is 1.56. The van der Waals surface area contributed by atoms with E-state index in [9.17, 15) is 13.2 Å². The van der Waals surface area contributed by atoms with Crippen LogP contribution in [0.5, 0.6) is 5.75 Å². The minimum atomic E-state index is -4.67. The summed E-state index contributed by atoms with van der Waals surface area (Å²) in [4.78, 5) is 0. The molecule has 1 aromatic carbocycles. The Morgan fingerprint density at radius 2 is 1.88 bits per heavy atom. The quantitative estimate of drug-likeness (QED) is 0.921. The maximum Gasteiger partial charge on any atom is 0.573 e. The first-order valence-corrected chi connectivity index (χ1v) is 5.30. The van der Waals surface area contributed by atoms with Crippen molar-refractivity contribution >= 4 is 22.2 Å². The van der Waals surface area contributed by atoms with Crippen LogP contribution in [0.1, 0.15) is 0 Å². The Hall–Kier alpha value is -1.83. The van der Waals surface area contributed by atoms with E-state index < -0.39 is 6.36 Å². The van der Waals surface area contributed by atoms with Crippen molar-refractivity contribution in [2.24, 2.45) is 0 Å². The van der Waals surface area contributed by atoms with Crippen molar-refractivity contribution < 1.29 is 17.9 Å². The molecule has 0 aliphatic carbocycles. The van der Waals surface area contributed by atoms with Crippen LogP contribution in [0.15, 0.2) is 29.8 Å². The van der Waals surface area contributed by atoms with E-state index in [2.05, 4.69) is 20.3 Å². The molecule has 90 valence electrons. The van der Waals surface area contributed by atoms with Crippen LogP contribution < -0.4 is 10.1 Å². The first-order chi connectivity index (χ1) is 8.03. The number of ether oxygens (including phenoxy) is 1. The number of benzene rings is 1. The van der Waals surface area contributed by atoms with Crippen LogP contribution in [-0.2, 0) is 0 Å². The van der Waals surface area contributed by atoms with E-state index in [0.29, 0.717) is 10.8 Å². The molecule has 17 heavy (non-hydrogen) atoms. The van der Waals surface area contributed by atoms with Gasteiger partial charge in [0.25, 0.3) is 0 Å². The highest BCUT2D eigenvalue weighted by molar-refractivity contribution is 7.13. The van der Waals surface area contributed by atoms with E-state index in [1.165, 1.54) is 35.6 Å². The number of halogens is 3. The third-order valence-electron chi connectivity index (χ3n) is 1.70. The molecule has 4 nitrogen and oxygen atoms in total. The van der Waals surface area contributed by atoms with E-state index >= 15 is 0 Å². The van der Waals surface area contributed by atoms with E-state index in [1.807, 2.05) is 0 Å². The Bertz CT molecular complexity index is 469. The van der Waals surface area contributed by atoms with Crippen LogP contribution in [0.25, 0.3) is 0 Å². The van der Waals surface area contributed by atoms with Crippen LogP contribution in [0.4, 0.5) is 24.0 Å². The standard InChI is InChI=1S/C9H6F3N3OS/c10-9(11,12)16-7-3-1-6(2-4-7)14-8-15-13-5-17-8/h1-5H,(H,14,15). The van der Waals surface area contributed by atoms with Gasteiger partial charge in [-0.2, -0.15) is 0 Å². The van der Waals surface area contributed by atoms with Gasteiger partial charge in [-0.25, -0.2) is 0 Å². The smallest absolute Gasteiger partial charge is 0.406 e. The summed E-state index contributed by atoms with van der Waals surface area (Å²) in [7, 11) is 0. The molecule has 0 saturated heterocycles. The lowest BCUT2D eigenvalue weighted by atomic mass is 10.3. The number of anilines is 2. The van der Waals surface area contributed by atoms with Gasteiger partial charge >= 0.3 is 6.36 Å². The fraction of sp³-hybridized carbons (Fsp3) is 0.111. The van der Waals surface area contributed by atoms with Gasteiger partial charge in [-0.05, 0) is 24.3 Å². The van der Waals surface area contributed by atoms with Gasteiger partial charge in [0.2, 0.25) is 5.13 Å². The largest absolute Gasteiger partial charge is 0.573 e. The van der Waals surface area contributed by atoms with Crippen LogP contribution >= 0.6 is 11.3 Å². The maximum absolute atomic E-state index is 11.9. The average Bonchev–Trinajstić information content (AvgIpc) is 2.71. The lowest BCUT2D eigenvalue weighted by molar-refractivity contribution is -0.274. The molecule has 1 aromatic heterocycles. The third kappa shape index (κ3) is 3.59. The molecule has 2 aromatic rings. The summed E-state index contributed by atoms with van der Waals surface area (Å²) in [6.45, 7) is 0. The summed E-state index contributed by atoms with van der Waals surface area (Å²) in [5.74, 6) is -0.264.